The Morgan fingerprint density at radius 2 is 2.08 bits per heavy atom. The molecule has 70 valence electrons. The lowest BCUT2D eigenvalue weighted by molar-refractivity contribution is -0.386. The second-order valence-electron chi connectivity index (χ2n) is 2.11. The van der Waals surface area contributed by atoms with Gasteiger partial charge in [-0.15, -0.1) is 0 Å². The van der Waals surface area contributed by atoms with E-state index >= 15 is 0 Å². The molecule has 0 N–H and O–H groups in total. The Hall–Kier alpha value is -1.66. The van der Waals surface area contributed by atoms with Crippen LogP contribution in [0.2, 0.25) is 0 Å². The van der Waals surface area contributed by atoms with E-state index < -0.39 is 28.4 Å². The minimum absolute atomic E-state index is 0.508. The number of hydrogen-bond acceptors (Lipinski definition) is 3. The summed E-state index contributed by atoms with van der Waals surface area (Å²) in [5.74, 6) is -1.37. The molecular weight excluding hydrogens is 189 g/mol. The highest BCUT2D eigenvalue weighted by Gasteiger charge is 2.26. The van der Waals surface area contributed by atoms with E-state index in [1.54, 1.807) is 0 Å². The zero-order valence-electron chi connectivity index (χ0n) is 6.08. The fourth-order valence-corrected chi connectivity index (χ4v) is 0.796. The van der Waals surface area contributed by atoms with E-state index in [2.05, 4.69) is 4.98 Å². The first-order valence-corrected chi connectivity index (χ1v) is 3.10. The number of hydrogen-bond donors (Lipinski definition) is 0. The summed E-state index contributed by atoms with van der Waals surface area (Å²) in [5.41, 5.74) is -2.23. The number of aromatic nitrogens is 1. The standard InChI is InChI=1S/C6H3F3N2O2/c7-3-1-10-2-4(11(12)13)5(3)6(8)9/h1-2,6H. The minimum Gasteiger partial charge on any atom is -0.258 e. The van der Waals surface area contributed by atoms with Gasteiger partial charge in [0, 0.05) is 0 Å². The molecule has 0 aromatic carbocycles. The normalized spacial score (nSPS) is 10.5. The molecule has 1 heterocycles. The predicted octanol–water partition coefficient (Wildman–Crippen LogP) is 2.07. The van der Waals surface area contributed by atoms with Crippen LogP contribution in [0.1, 0.15) is 12.0 Å². The highest BCUT2D eigenvalue weighted by Crippen LogP contribution is 2.29. The van der Waals surface area contributed by atoms with Gasteiger partial charge in [-0.1, -0.05) is 0 Å². The number of pyridine rings is 1. The van der Waals surface area contributed by atoms with Gasteiger partial charge < -0.3 is 0 Å². The molecule has 0 aliphatic carbocycles. The van der Waals surface area contributed by atoms with Crippen LogP contribution in [0.5, 0.6) is 0 Å². The van der Waals surface area contributed by atoms with Gasteiger partial charge in [0.1, 0.15) is 11.8 Å². The lowest BCUT2D eigenvalue weighted by Crippen LogP contribution is -2.00. The highest BCUT2D eigenvalue weighted by molar-refractivity contribution is 5.38. The van der Waals surface area contributed by atoms with E-state index in [1.807, 2.05) is 0 Å². The number of rotatable bonds is 2. The molecule has 13 heavy (non-hydrogen) atoms. The zero-order valence-corrected chi connectivity index (χ0v) is 6.08. The van der Waals surface area contributed by atoms with E-state index in [1.165, 1.54) is 0 Å². The lowest BCUT2D eigenvalue weighted by atomic mass is 10.2. The summed E-state index contributed by atoms with van der Waals surface area (Å²) in [6.07, 6.45) is -2.12. The van der Waals surface area contributed by atoms with E-state index in [4.69, 9.17) is 0 Å². The van der Waals surface area contributed by atoms with Gasteiger partial charge >= 0.3 is 0 Å². The molecule has 1 rings (SSSR count). The fraction of sp³-hybridized carbons (Fsp3) is 0.167. The molecule has 0 fully saturated rings. The van der Waals surface area contributed by atoms with Crippen LogP contribution < -0.4 is 0 Å². The molecule has 4 nitrogen and oxygen atoms in total. The maximum atomic E-state index is 12.6. The Morgan fingerprint density at radius 3 is 2.46 bits per heavy atom. The van der Waals surface area contributed by atoms with Crippen molar-refractivity contribution in [2.45, 2.75) is 6.43 Å². The SMILES string of the molecule is O=[N+]([O-])c1cncc(F)c1C(F)F. The van der Waals surface area contributed by atoms with Gasteiger partial charge in [0.2, 0.25) is 0 Å². The quantitative estimate of drug-likeness (QED) is 0.532. The van der Waals surface area contributed by atoms with Crippen molar-refractivity contribution in [2.24, 2.45) is 0 Å². The third-order valence-electron chi connectivity index (χ3n) is 1.33. The Balaban J connectivity index is 3.34. The molecule has 0 spiro atoms. The number of nitro groups is 1. The maximum absolute atomic E-state index is 12.6. The molecule has 7 heteroatoms. The van der Waals surface area contributed by atoms with Crippen LogP contribution in [-0.2, 0) is 0 Å². The Labute approximate surface area is 70.2 Å². The largest absolute Gasteiger partial charge is 0.299 e. The van der Waals surface area contributed by atoms with Gasteiger partial charge in [0.25, 0.3) is 12.1 Å². The van der Waals surface area contributed by atoms with Crippen molar-refractivity contribution >= 4 is 5.69 Å². The average Bonchev–Trinajstić information content (AvgIpc) is 2.02. The average molecular weight is 192 g/mol. The van der Waals surface area contributed by atoms with E-state index in [9.17, 15) is 23.3 Å². The predicted molar refractivity (Wildman–Crippen MR) is 35.8 cm³/mol. The van der Waals surface area contributed by atoms with Crippen LogP contribution >= 0.6 is 0 Å². The monoisotopic (exact) mass is 192 g/mol. The molecule has 0 aliphatic heterocycles. The van der Waals surface area contributed by atoms with Crippen molar-refractivity contribution in [3.8, 4) is 0 Å². The van der Waals surface area contributed by atoms with Gasteiger partial charge in [-0.05, 0) is 0 Å². The van der Waals surface area contributed by atoms with Crippen LogP contribution in [0.4, 0.5) is 18.9 Å². The molecule has 0 amide bonds. The topological polar surface area (TPSA) is 56.0 Å². The molecular formula is C6H3F3N2O2. The first kappa shape index (κ1) is 9.43. The van der Waals surface area contributed by atoms with E-state index in [0.29, 0.717) is 12.4 Å². The van der Waals surface area contributed by atoms with Crippen molar-refractivity contribution < 1.29 is 18.1 Å². The molecule has 0 radical (unpaired) electrons. The Morgan fingerprint density at radius 1 is 1.46 bits per heavy atom. The second kappa shape index (κ2) is 3.38. The molecule has 0 saturated heterocycles. The van der Waals surface area contributed by atoms with Crippen molar-refractivity contribution in [2.75, 3.05) is 0 Å². The lowest BCUT2D eigenvalue weighted by Gasteiger charge is -2.00. The first-order chi connectivity index (χ1) is 6.04. The summed E-state index contributed by atoms with van der Waals surface area (Å²) in [5, 5.41) is 10.1. The van der Waals surface area contributed by atoms with Crippen molar-refractivity contribution in [1.82, 2.24) is 4.98 Å². The summed E-state index contributed by atoms with van der Waals surface area (Å²) < 4.78 is 36.8. The van der Waals surface area contributed by atoms with Gasteiger partial charge in [-0.3, -0.25) is 15.1 Å². The molecule has 0 aliphatic rings. The van der Waals surface area contributed by atoms with Crippen LogP contribution in [0.15, 0.2) is 12.4 Å². The third kappa shape index (κ3) is 1.74. The second-order valence-corrected chi connectivity index (χ2v) is 2.11. The summed E-state index contributed by atoms with van der Waals surface area (Å²) in [6.45, 7) is 0. The Kier molecular flexibility index (Phi) is 2.45. The number of alkyl halides is 2. The maximum Gasteiger partial charge on any atom is 0.299 e. The number of halogens is 3. The molecule has 0 saturated carbocycles. The summed E-state index contributed by atoms with van der Waals surface area (Å²) in [4.78, 5) is 12.1. The van der Waals surface area contributed by atoms with E-state index in [0.717, 1.165) is 0 Å². The fourth-order valence-electron chi connectivity index (χ4n) is 0.796. The zero-order chi connectivity index (χ0) is 10.0. The summed E-state index contributed by atoms with van der Waals surface area (Å²) in [6, 6.07) is 0. The smallest absolute Gasteiger partial charge is 0.258 e. The van der Waals surface area contributed by atoms with Crippen molar-refractivity contribution in [1.29, 1.82) is 0 Å². The van der Waals surface area contributed by atoms with Gasteiger partial charge in [-0.25, -0.2) is 13.2 Å². The summed E-state index contributed by atoms with van der Waals surface area (Å²) in [7, 11) is 0. The first-order valence-electron chi connectivity index (χ1n) is 3.10. The molecule has 1 aromatic heterocycles. The minimum atomic E-state index is -3.22. The van der Waals surface area contributed by atoms with Gasteiger partial charge in [-0.2, -0.15) is 0 Å². The molecule has 0 bridgehead atoms. The third-order valence-corrected chi connectivity index (χ3v) is 1.33. The van der Waals surface area contributed by atoms with Crippen LogP contribution in [-0.4, -0.2) is 9.91 Å². The number of nitrogens with zero attached hydrogens (tertiary/aromatic N) is 2. The van der Waals surface area contributed by atoms with Gasteiger partial charge in [0.15, 0.2) is 5.82 Å². The van der Waals surface area contributed by atoms with Crippen molar-refractivity contribution in [3.05, 3.63) is 33.9 Å². The molecule has 1 aromatic rings. The summed E-state index contributed by atoms with van der Waals surface area (Å²) >= 11 is 0. The Bertz CT molecular complexity index is 343. The van der Waals surface area contributed by atoms with Crippen LogP contribution in [0.25, 0.3) is 0 Å². The van der Waals surface area contributed by atoms with E-state index in [-0.39, 0.29) is 0 Å². The van der Waals surface area contributed by atoms with Crippen LogP contribution in [0.3, 0.4) is 0 Å². The van der Waals surface area contributed by atoms with Crippen LogP contribution in [0, 0.1) is 15.9 Å². The molecule has 0 unspecified atom stereocenters. The van der Waals surface area contributed by atoms with Crippen molar-refractivity contribution in [3.63, 3.8) is 0 Å². The molecule has 0 atom stereocenters. The van der Waals surface area contributed by atoms with Gasteiger partial charge in [0.05, 0.1) is 11.1 Å². The highest BCUT2D eigenvalue weighted by atomic mass is 19.3.